The predicted octanol–water partition coefficient (Wildman–Crippen LogP) is 2.02. The van der Waals surface area contributed by atoms with Gasteiger partial charge in [0.25, 0.3) is 0 Å². The number of imidazole rings is 1. The molecule has 2 unspecified atom stereocenters. The molecule has 0 bridgehead atoms. The average molecular weight is 351 g/mol. The molecular formula is C15H15ClN4O2S. The van der Waals surface area contributed by atoms with Crippen molar-refractivity contribution in [1.82, 2.24) is 9.38 Å². The second-order valence-electron chi connectivity index (χ2n) is 5.55. The van der Waals surface area contributed by atoms with Gasteiger partial charge >= 0.3 is 0 Å². The Labute approximate surface area is 141 Å². The molecule has 1 aliphatic rings. The van der Waals surface area contributed by atoms with Crippen LogP contribution in [0.1, 0.15) is 29.9 Å². The van der Waals surface area contributed by atoms with Gasteiger partial charge in [-0.25, -0.2) is 4.98 Å². The Kier molecular flexibility index (Phi) is 4.13. The number of hydrogen-bond acceptors (Lipinski definition) is 5. The van der Waals surface area contributed by atoms with Crippen LogP contribution < -0.4 is 4.90 Å². The van der Waals surface area contributed by atoms with Gasteiger partial charge in [-0.15, -0.1) is 0 Å². The maximum Gasteiger partial charge on any atom is 0.167 e. The molecule has 3 rings (SSSR count). The number of nitrogens with zero attached hydrogens (tertiary/aromatic N) is 4. The molecule has 3 heterocycles. The summed E-state index contributed by atoms with van der Waals surface area (Å²) in [5.74, 6) is 1.09. The fourth-order valence-corrected chi connectivity index (χ4v) is 4.31. The Hall–Kier alpha value is -1.91. The normalized spacial score (nSPS) is 21.4. The fraction of sp³-hybridized carbons (Fsp3) is 0.400. The van der Waals surface area contributed by atoms with Crippen LogP contribution in [-0.4, -0.2) is 43.5 Å². The molecule has 120 valence electrons. The van der Waals surface area contributed by atoms with E-state index >= 15 is 0 Å². The average Bonchev–Trinajstić information content (AvgIpc) is 2.94. The topological polar surface area (TPSA) is 78.5 Å². The number of ketones is 1. The van der Waals surface area contributed by atoms with Crippen molar-refractivity contribution in [3.63, 3.8) is 0 Å². The fourth-order valence-electron chi connectivity index (χ4n) is 2.87. The Balaban J connectivity index is 2.25. The summed E-state index contributed by atoms with van der Waals surface area (Å²) in [7, 11) is -0.861. The molecule has 0 N–H and O–H groups in total. The van der Waals surface area contributed by atoms with Gasteiger partial charge in [0.05, 0.1) is 10.6 Å². The van der Waals surface area contributed by atoms with Crippen molar-refractivity contribution in [1.29, 1.82) is 5.26 Å². The minimum absolute atomic E-state index is 0.00763. The second-order valence-corrected chi connectivity index (χ2v) is 7.93. The third-order valence-electron chi connectivity index (χ3n) is 4.01. The second kappa shape index (κ2) is 5.95. The molecule has 8 heteroatoms. The molecule has 2 aromatic heterocycles. The van der Waals surface area contributed by atoms with Gasteiger partial charge in [0.15, 0.2) is 11.5 Å². The number of aromatic nitrogens is 2. The summed E-state index contributed by atoms with van der Waals surface area (Å²) in [6, 6.07) is 3.61. The molecule has 1 aliphatic heterocycles. The van der Waals surface area contributed by atoms with Gasteiger partial charge < -0.3 is 4.90 Å². The summed E-state index contributed by atoms with van der Waals surface area (Å²) in [5.41, 5.74) is 1.19. The highest BCUT2D eigenvalue weighted by Crippen LogP contribution is 2.32. The van der Waals surface area contributed by atoms with Gasteiger partial charge in [0.1, 0.15) is 23.7 Å². The highest BCUT2D eigenvalue weighted by molar-refractivity contribution is 7.85. The Morgan fingerprint density at radius 3 is 2.91 bits per heavy atom. The van der Waals surface area contributed by atoms with Crippen molar-refractivity contribution >= 4 is 39.5 Å². The summed E-state index contributed by atoms with van der Waals surface area (Å²) in [6.07, 6.45) is 1.51. The molecular weight excluding hydrogens is 336 g/mol. The number of rotatable bonds is 2. The van der Waals surface area contributed by atoms with Crippen LogP contribution >= 0.6 is 11.6 Å². The van der Waals surface area contributed by atoms with Crippen LogP contribution in [0.3, 0.4) is 0 Å². The molecule has 0 spiro atoms. The number of carbonyl (C=O) groups excluding carboxylic acids is 1. The Morgan fingerprint density at radius 1 is 1.57 bits per heavy atom. The molecule has 2 atom stereocenters. The van der Waals surface area contributed by atoms with Crippen LogP contribution in [0.25, 0.3) is 5.52 Å². The lowest BCUT2D eigenvalue weighted by Crippen LogP contribution is -2.44. The molecule has 2 aromatic rings. The van der Waals surface area contributed by atoms with E-state index < -0.39 is 10.8 Å². The Morgan fingerprint density at radius 2 is 2.30 bits per heavy atom. The SMILES string of the molecule is CC(=O)c1cc(Cl)c2c(C#N)ncn2c1N1CCS(=O)C(C)C1. The highest BCUT2D eigenvalue weighted by Gasteiger charge is 2.28. The van der Waals surface area contributed by atoms with Gasteiger partial charge in [-0.2, -0.15) is 5.26 Å². The lowest BCUT2D eigenvalue weighted by molar-refractivity contribution is 0.101. The number of hydrogen-bond donors (Lipinski definition) is 0. The van der Waals surface area contributed by atoms with E-state index in [-0.39, 0.29) is 16.7 Å². The molecule has 1 saturated heterocycles. The van der Waals surface area contributed by atoms with Crippen molar-refractivity contribution in [2.24, 2.45) is 0 Å². The molecule has 1 fully saturated rings. The molecule has 0 radical (unpaired) electrons. The summed E-state index contributed by atoms with van der Waals surface area (Å²) in [5, 5.41) is 9.53. The number of nitriles is 1. The number of carbonyl (C=O) groups is 1. The summed E-state index contributed by atoms with van der Waals surface area (Å²) in [4.78, 5) is 18.2. The van der Waals surface area contributed by atoms with Crippen LogP contribution in [-0.2, 0) is 10.8 Å². The van der Waals surface area contributed by atoms with E-state index in [1.54, 1.807) is 10.5 Å². The molecule has 6 nitrogen and oxygen atoms in total. The minimum Gasteiger partial charge on any atom is -0.355 e. The molecule has 0 saturated carbocycles. The summed E-state index contributed by atoms with van der Waals surface area (Å²) < 4.78 is 13.6. The molecule has 0 aliphatic carbocycles. The molecule has 0 aromatic carbocycles. The lowest BCUT2D eigenvalue weighted by atomic mass is 10.1. The van der Waals surface area contributed by atoms with E-state index in [9.17, 15) is 14.3 Å². The Bertz CT molecular complexity index is 870. The van der Waals surface area contributed by atoms with Crippen LogP contribution in [0.2, 0.25) is 5.02 Å². The van der Waals surface area contributed by atoms with Crippen molar-refractivity contribution in [3.8, 4) is 6.07 Å². The van der Waals surface area contributed by atoms with E-state index in [4.69, 9.17) is 11.6 Å². The van der Waals surface area contributed by atoms with Crippen LogP contribution in [0.15, 0.2) is 12.4 Å². The maximum absolute atomic E-state index is 12.1. The summed E-state index contributed by atoms with van der Waals surface area (Å²) >= 11 is 6.26. The number of Topliss-reactive ketones (excluding diaryl/α,β-unsaturated/α-hetero) is 1. The molecule has 23 heavy (non-hydrogen) atoms. The van der Waals surface area contributed by atoms with E-state index in [1.165, 1.54) is 13.3 Å². The van der Waals surface area contributed by atoms with E-state index in [2.05, 4.69) is 4.98 Å². The third kappa shape index (κ3) is 2.62. The van der Waals surface area contributed by atoms with E-state index in [0.29, 0.717) is 40.8 Å². The summed E-state index contributed by atoms with van der Waals surface area (Å²) in [6.45, 7) is 4.56. The predicted molar refractivity (Wildman–Crippen MR) is 89.6 cm³/mol. The van der Waals surface area contributed by atoms with Crippen molar-refractivity contribution in [3.05, 3.63) is 28.7 Å². The smallest absolute Gasteiger partial charge is 0.167 e. The highest BCUT2D eigenvalue weighted by atomic mass is 35.5. The number of anilines is 1. The zero-order valence-electron chi connectivity index (χ0n) is 12.7. The van der Waals surface area contributed by atoms with Gasteiger partial charge in [-0.3, -0.25) is 13.4 Å². The largest absolute Gasteiger partial charge is 0.355 e. The first-order chi connectivity index (χ1) is 10.9. The van der Waals surface area contributed by atoms with Crippen molar-refractivity contribution in [2.75, 3.05) is 23.7 Å². The van der Waals surface area contributed by atoms with Crippen molar-refractivity contribution in [2.45, 2.75) is 19.1 Å². The van der Waals surface area contributed by atoms with E-state index in [0.717, 1.165) is 0 Å². The quantitative estimate of drug-likeness (QED) is 0.774. The third-order valence-corrected chi connectivity index (χ3v) is 5.93. The first-order valence-corrected chi connectivity index (χ1v) is 8.92. The zero-order valence-corrected chi connectivity index (χ0v) is 14.3. The number of halogens is 1. The first-order valence-electron chi connectivity index (χ1n) is 7.16. The van der Waals surface area contributed by atoms with Crippen molar-refractivity contribution < 1.29 is 9.00 Å². The van der Waals surface area contributed by atoms with E-state index in [1.807, 2.05) is 17.9 Å². The number of pyridine rings is 1. The standard InChI is InChI=1S/C15H15ClN4O2S/c1-9-7-19(3-4-23(9)22)15-11(10(2)21)5-12(16)14-13(6-17)18-8-20(14)15/h5,8-9H,3-4,7H2,1-2H3. The van der Waals surface area contributed by atoms with Crippen LogP contribution in [0, 0.1) is 11.3 Å². The van der Waals surface area contributed by atoms with Gasteiger partial charge in [0.2, 0.25) is 0 Å². The van der Waals surface area contributed by atoms with Crippen LogP contribution in [0.4, 0.5) is 5.82 Å². The zero-order chi connectivity index (χ0) is 16.7. The van der Waals surface area contributed by atoms with Gasteiger partial charge in [-0.1, -0.05) is 11.6 Å². The van der Waals surface area contributed by atoms with Crippen LogP contribution in [0.5, 0.6) is 0 Å². The number of fused-ring (bicyclic) bond motifs is 1. The minimum atomic E-state index is -0.861. The monoisotopic (exact) mass is 350 g/mol. The van der Waals surface area contributed by atoms with Gasteiger partial charge in [0, 0.05) is 34.9 Å². The maximum atomic E-state index is 12.1. The molecule has 0 amide bonds. The van der Waals surface area contributed by atoms with Gasteiger partial charge in [-0.05, 0) is 19.9 Å². The first kappa shape index (κ1) is 16.0. The lowest BCUT2D eigenvalue weighted by Gasteiger charge is -2.33.